The third-order valence-corrected chi connectivity index (χ3v) is 4.18. The lowest BCUT2D eigenvalue weighted by molar-refractivity contribution is -0.135. The van der Waals surface area contributed by atoms with E-state index in [2.05, 4.69) is 15.9 Å². The van der Waals surface area contributed by atoms with E-state index in [0.29, 0.717) is 12.0 Å². The number of carbonyl (C=O) groups excluding carboxylic acids is 1. The summed E-state index contributed by atoms with van der Waals surface area (Å²) < 4.78 is 19.4. The molecule has 1 atom stereocenters. The van der Waals surface area contributed by atoms with Gasteiger partial charge < -0.3 is 9.84 Å². The van der Waals surface area contributed by atoms with Gasteiger partial charge in [-0.05, 0) is 46.6 Å². The zero-order valence-electron chi connectivity index (χ0n) is 13.5. The van der Waals surface area contributed by atoms with Crippen LogP contribution in [-0.2, 0) is 4.79 Å². The fourth-order valence-electron chi connectivity index (χ4n) is 2.16. The summed E-state index contributed by atoms with van der Waals surface area (Å²) in [5.74, 6) is -2.15. The number of halogens is 2. The van der Waals surface area contributed by atoms with Gasteiger partial charge in [0.1, 0.15) is 18.1 Å². The van der Waals surface area contributed by atoms with Crippen LogP contribution in [0.2, 0.25) is 0 Å². The first-order chi connectivity index (χ1) is 11.9. The van der Waals surface area contributed by atoms with Crippen molar-refractivity contribution in [3.63, 3.8) is 0 Å². The number of ether oxygens (including phenoxy) is 1. The Labute approximate surface area is 153 Å². The Kier molecular flexibility index (Phi) is 6.52. The second-order valence-corrected chi connectivity index (χ2v) is 6.22. The molecule has 0 unspecified atom stereocenters. The molecule has 0 spiro atoms. The summed E-state index contributed by atoms with van der Waals surface area (Å²) >= 11 is 3.31. The zero-order chi connectivity index (χ0) is 18.4. The van der Waals surface area contributed by atoms with Crippen molar-refractivity contribution in [3.8, 4) is 5.75 Å². The Hall–Kier alpha value is -2.41. The van der Waals surface area contributed by atoms with Crippen LogP contribution in [0.4, 0.5) is 10.1 Å². The molecular weight excluding hydrogens is 393 g/mol. The fraction of sp³-hybridized carbons (Fsp3) is 0.222. The van der Waals surface area contributed by atoms with Crippen molar-refractivity contribution >= 4 is 33.5 Å². The minimum Gasteiger partial charge on any atom is -0.480 e. The molecule has 0 aliphatic heterocycles. The average molecular weight is 410 g/mol. The predicted molar refractivity (Wildman–Crippen MR) is 95.8 cm³/mol. The Bertz CT molecular complexity index is 754. The number of rotatable bonds is 7. The molecule has 1 amide bonds. The van der Waals surface area contributed by atoms with Crippen molar-refractivity contribution in [2.45, 2.75) is 18.4 Å². The van der Waals surface area contributed by atoms with Crippen LogP contribution in [0, 0.1) is 5.82 Å². The molecule has 2 aromatic carbocycles. The maximum Gasteiger partial charge on any atom is 0.323 e. The van der Waals surface area contributed by atoms with Gasteiger partial charge in [0, 0.05) is 11.6 Å². The number of carbonyl (C=O) groups is 2. The molecule has 0 aliphatic carbocycles. The molecule has 0 aliphatic rings. The second-order valence-electron chi connectivity index (χ2n) is 5.20. The Balaban J connectivity index is 2.48. The maximum atomic E-state index is 13.8. The number of benzene rings is 2. The highest BCUT2D eigenvalue weighted by atomic mass is 79.9. The van der Waals surface area contributed by atoms with Crippen molar-refractivity contribution in [2.24, 2.45) is 0 Å². The van der Waals surface area contributed by atoms with Crippen LogP contribution in [0.25, 0.3) is 0 Å². The molecule has 7 heteroatoms. The van der Waals surface area contributed by atoms with Crippen LogP contribution in [-0.4, -0.2) is 28.5 Å². The summed E-state index contributed by atoms with van der Waals surface area (Å²) in [6.45, 7) is 1.26. The van der Waals surface area contributed by atoms with E-state index in [-0.39, 0.29) is 16.5 Å². The molecule has 25 heavy (non-hydrogen) atoms. The number of carboxylic acids is 1. The molecule has 132 valence electrons. The molecule has 2 rings (SSSR count). The van der Waals surface area contributed by atoms with E-state index in [1.807, 2.05) is 6.92 Å². The molecule has 2 aromatic rings. The summed E-state index contributed by atoms with van der Waals surface area (Å²) in [7, 11) is 0. The maximum absolute atomic E-state index is 13.8. The van der Waals surface area contributed by atoms with Crippen molar-refractivity contribution in [1.82, 2.24) is 0 Å². The normalized spacial score (nSPS) is 11.6. The number of alkyl halides is 1. The second kappa shape index (κ2) is 8.62. The molecule has 0 saturated carbocycles. The summed E-state index contributed by atoms with van der Waals surface area (Å²) in [6.07, 6.45) is 0.627. The van der Waals surface area contributed by atoms with Gasteiger partial charge in [0.25, 0.3) is 5.91 Å². The number of anilines is 1. The number of hydrogen-bond donors (Lipinski definition) is 1. The van der Waals surface area contributed by atoms with Gasteiger partial charge >= 0.3 is 5.97 Å². The van der Waals surface area contributed by atoms with Crippen LogP contribution in [0.3, 0.4) is 0 Å². The van der Waals surface area contributed by atoms with Gasteiger partial charge in [-0.15, -0.1) is 0 Å². The van der Waals surface area contributed by atoms with Gasteiger partial charge in [-0.2, -0.15) is 0 Å². The quantitative estimate of drug-likeness (QED) is 0.699. The standard InChI is InChI=1S/C18H17BrFNO4/c1-2-16(19)25-15-9-8-13(20)10-14(15)21(11-17(22)23)18(24)12-6-4-3-5-7-12/h3-10,16H,2,11H2,1H3,(H,22,23)/t16-/m1/s1. The van der Waals surface area contributed by atoms with E-state index < -0.39 is 24.2 Å². The summed E-state index contributed by atoms with van der Waals surface area (Å²) in [5, 5.41) is 8.84. The average Bonchev–Trinajstić information content (AvgIpc) is 2.61. The van der Waals surface area contributed by atoms with E-state index in [9.17, 15) is 19.1 Å². The molecule has 0 fully saturated rings. The molecular formula is C18H17BrFNO4. The monoisotopic (exact) mass is 409 g/mol. The van der Waals surface area contributed by atoms with Gasteiger partial charge in [-0.25, -0.2) is 4.39 Å². The Morgan fingerprint density at radius 3 is 2.52 bits per heavy atom. The van der Waals surface area contributed by atoms with Crippen LogP contribution in [0.5, 0.6) is 5.75 Å². The highest BCUT2D eigenvalue weighted by Gasteiger charge is 2.24. The van der Waals surface area contributed by atoms with Crippen molar-refractivity contribution in [2.75, 3.05) is 11.4 Å². The van der Waals surface area contributed by atoms with Gasteiger partial charge in [0.2, 0.25) is 0 Å². The number of hydrogen-bond acceptors (Lipinski definition) is 3. The SMILES string of the molecule is CC[C@H](Br)Oc1ccc(F)cc1N(CC(=O)O)C(=O)c1ccccc1. The third-order valence-electron chi connectivity index (χ3n) is 3.35. The largest absolute Gasteiger partial charge is 0.480 e. The minimum atomic E-state index is -1.22. The first-order valence-electron chi connectivity index (χ1n) is 7.61. The van der Waals surface area contributed by atoms with Crippen molar-refractivity contribution in [1.29, 1.82) is 0 Å². The number of amides is 1. The van der Waals surface area contributed by atoms with Gasteiger partial charge in [-0.1, -0.05) is 25.1 Å². The summed E-state index contributed by atoms with van der Waals surface area (Å²) in [5.41, 5.74) is 0.360. The Morgan fingerprint density at radius 2 is 1.92 bits per heavy atom. The molecule has 5 nitrogen and oxygen atoms in total. The van der Waals surface area contributed by atoms with Gasteiger partial charge in [-0.3, -0.25) is 14.5 Å². The fourth-order valence-corrected chi connectivity index (χ4v) is 2.36. The van der Waals surface area contributed by atoms with Crippen molar-refractivity contribution < 1.29 is 23.8 Å². The van der Waals surface area contributed by atoms with E-state index in [1.165, 1.54) is 12.1 Å². The Morgan fingerprint density at radius 1 is 1.24 bits per heavy atom. The number of carboxylic acid groups (broad SMARTS) is 1. The van der Waals surface area contributed by atoms with E-state index in [1.54, 1.807) is 30.3 Å². The number of nitrogens with zero attached hydrogens (tertiary/aromatic N) is 1. The van der Waals surface area contributed by atoms with Gasteiger partial charge in [0.05, 0.1) is 5.69 Å². The lowest BCUT2D eigenvalue weighted by atomic mass is 10.1. The molecule has 1 N–H and O–H groups in total. The lowest BCUT2D eigenvalue weighted by Gasteiger charge is -2.24. The van der Waals surface area contributed by atoms with Crippen LogP contribution < -0.4 is 9.64 Å². The molecule has 0 radical (unpaired) electrons. The van der Waals surface area contributed by atoms with E-state index in [0.717, 1.165) is 11.0 Å². The summed E-state index contributed by atoms with van der Waals surface area (Å²) in [6, 6.07) is 11.9. The molecule has 0 heterocycles. The predicted octanol–water partition coefficient (Wildman–Crippen LogP) is 4.07. The van der Waals surface area contributed by atoms with E-state index >= 15 is 0 Å². The molecule has 0 aromatic heterocycles. The number of aliphatic carboxylic acids is 1. The zero-order valence-corrected chi connectivity index (χ0v) is 15.1. The topological polar surface area (TPSA) is 66.8 Å². The summed E-state index contributed by atoms with van der Waals surface area (Å²) in [4.78, 5) is 25.0. The minimum absolute atomic E-state index is 0.0640. The highest BCUT2D eigenvalue weighted by molar-refractivity contribution is 9.09. The lowest BCUT2D eigenvalue weighted by Crippen LogP contribution is -2.36. The van der Waals surface area contributed by atoms with Gasteiger partial charge in [0.15, 0.2) is 5.01 Å². The molecule has 0 saturated heterocycles. The van der Waals surface area contributed by atoms with E-state index in [4.69, 9.17) is 4.74 Å². The highest BCUT2D eigenvalue weighted by Crippen LogP contribution is 2.32. The smallest absolute Gasteiger partial charge is 0.323 e. The first-order valence-corrected chi connectivity index (χ1v) is 8.53. The third kappa shape index (κ3) is 5.03. The molecule has 0 bridgehead atoms. The van der Waals surface area contributed by atoms with Crippen LogP contribution in [0.15, 0.2) is 48.5 Å². The van der Waals surface area contributed by atoms with Crippen molar-refractivity contribution in [3.05, 3.63) is 59.9 Å². The van der Waals surface area contributed by atoms with Crippen LogP contribution in [0.1, 0.15) is 23.7 Å². The van der Waals surface area contributed by atoms with Crippen LogP contribution >= 0.6 is 15.9 Å². The first kappa shape index (κ1) is 18.9.